The van der Waals surface area contributed by atoms with Crippen molar-refractivity contribution in [3.8, 4) is 55.9 Å². The first-order valence-electron chi connectivity index (χ1n) is 17.1. The van der Waals surface area contributed by atoms with Crippen molar-refractivity contribution in [2.45, 2.75) is 15.2 Å². The molecule has 0 fully saturated rings. The molecule has 2 heterocycles. The predicted octanol–water partition coefficient (Wildman–Crippen LogP) is 12.6. The van der Waals surface area contributed by atoms with E-state index in [9.17, 15) is 0 Å². The van der Waals surface area contributed by atoms with Crippen molar-refractivity contribution in [1.82, 2.24) is 4.98 Å². The molecule has 0 radical (unpaired) electrons. The standard InChI is InChI=1S/C48H31NS/c1-3-14-32(15-4-1)34-18-13-19-35(28-34)37-30-44(33-16-5-2-6-17-33)49-45(31-37)36-26-27-41-39(29-36)38-20-7-8-21-40(38)48(41)42-22-9-11-24-46(42)50-47-25-12-10-23-43(47)48/h1-31H. The van der Waals surface area contributed by atoms with Gasteiger partial charge in [-0.05, 0) is 92.0 Å². The lowest BCUT2D eigenvalue weighted by Gasteiger charge is -2.39. The van der Waals surface area contributed by atoms with Gasteiger partial charge in [0.2, 0.25) is 0 Å². The van der Waals surface area contributed by atoms with Gasteiger partial charge in [-0.25, -0.2) is 4.98 Å². The quantitative estimate of drug-likeness (QED) is 0.187. The van der Waals surface area contributed by atoms with Crippen LogP contribution in [-0.4, -0.2) is 4.98 Å². The van der Waals surface area contributed by atoms with Gasteiger partial charge in [0.25, 0.3) is 0 Å². The van der Waals surface area contributed by atoms with E-state index >= 15 is 0 Å². The lowest BCUT2D eigenvalue weighted by Crippen LogP contribution is -2.31. The minimum Gasteiger partial charge on any atom is -0.248 e. The fourth-order valence-electron chi connectivity index (χ4n) is 8.13. The summed E-state index contributed by atoms with van der Waals surface area (Å²) in [7, 11) is 0. The second-order valence-electron chi connectivity index (χ2n) is 13.1. The molecular weight excluding hydrogens is 623 g/mol. The average molecular weight is 654 g/mol. The molecule has 0 N–H and O–H groups in total. The highest BCUT2D eigenvalue weighted by molar-refractivity contribution is 7.99. The molecule has 0 bridgehead atoms. The summed E-state index contributed by atoms with van der Waals surface area (Å²) >= 11 is 1.88. The molecule has 0 atom stereocenters. The summed E-state index contributed by atoms with van der Waals surface area (Å²) in [6.07, 6.45) is 0. The molecule has 10 rings (SSSR count). The van der Waals surface area contributed by atoms with Gasteiger partial charge in [-0.3, -0.25) is 0 Å². The summed E-state index contributed by atoms with van der Waals surface area (Å²) in [5.74, 6) is 0. The van der Waals surface area contributed by atoms with Crippen LogP contribution in [0.25, 0.3) is 55.9 Å². The molecule has 1 aromatic heterocycles. The predicted molar refractivity (Wildman–Crippen MR) is 207 cm³/mol. The van der Waals surface area contributed by atoms with Crippen LogP contribution in [-0.2, 0) is 5.41 Å². The summed E-state index contributed by atoms with van der Waals surface area (Å²) in [4.78, 5) is 7.97. The number of hydrogen-bond donors (Lipinski definition) is 0. The summed E-state index contributed by atoms with van der Waals surface area (Å²) in [6.45, 7) is 0. The van der Waals surface area contributed by atoms with Crippen LogP contribution in [0.15, 0.2) is 198 Å². The van der Waals surface area contributed by atoms with Crippen molar-refractivity contribution in [2.75, 3.05) is 0 Å². The monoisotopic (exact) mass is 653 g/mol. The second kappa shape index (κ2) is 11.6. The lowest BCUT2D eigenvalue weighted by molar-refractivity contribution is 0.722. The van der Waals surface area contributed by atoms with E-state index in [0.717, 1.165) is 28.1 Å². The highest BCUT2D eigenvalue weighted by Gasteiger charge is 2.50. The van der Waals surface area contributed by atoms with E-state index in [2.05, 4.69) is 188 Å². The lowest BCUT2D eigenvalue weighted by atomic mass is 9.67. The number of pyridine rings is 1. The normalized spacial score (nSPS) is 13.3. The maximum Gasteiger partial charge on any atom is 0.0735 e. The maximum absolute atomic E-state index is 5.33. The number of benzene rings is 7. The Balaban J connectivity index is 1.19. The van der Waals surface area contributed by atoms with Crippen molar-refractivity contribution in [2.24, 2.45) is 0 Å². The Bertz CT molecular complexity index is 2520. The van der Waals surface area contributed by atoms with Crippen molar-refractivity contribution in [3.05, 3.63) is 210 Å². The zero-order chi connectivity index (χ0) is 33.1. The molecule has 234 valence electrons. The molecule has 1 aliphatic carbocycles. The van der Waals surface area contributed by atoms with Crippen molar-refractivity contribution >= 4 is 11.8 Å². The third-order valence-electron chi connectivity index (χ3n) is 10.3. The molecule has 1 aliphatic heterocycles. The highest BCUT2D eigenvalue weighted by atomic mass is 32.2. The van der Waals surface area contributed by atoms with E-state index in [1.165, 1.54) is 59.9 Å². The topological polar surface area (TPSA) is 12.9 Å². The molecule has 7 aromatic carbocycles. The molecule has 0 unspecified atom stereocenters. The first kappa shape index (κ1) is 29.0. The SMILES string of the molecule is c1ccc(-c2cccc(-c3cc(-c4ccccc4)nc(-c4ccc5c(c4)-c4ccccc4C54c5ccccc5Sc5ccccc54)c3)c2)cc1. The number of fused-ring (bicyclic) bond motifs is 9. The van der Waals surface area contributed by atoms with Gasteiger partial charge in [0.05, 0.1) is 16.8 Å². The number of aromatic nitrogens is 1. The Morgan fingerprint density at radius 1 is 0.320 bits per heavy atom. The Morgan fingerprint density at radius 2 is 0.840 bits per heavy atom. The smallest absolute Gasteiger partial charge is 0.0735 e. The third-order valence-corrected chi connectivity index (χ3v) is 11.5. The van der Waals surface area contributed by atoms with Gasteiger partial charge < -0.3 is 0 Å². The Labute approximate surface area is 297 Å². The molecule has 50 heavy (non-hydrogen) atoms. The second-order valence-corrected chi connectivity index (χ2v) is 14.2. The summed E-state index contributed by atoms with van der Waals surface area (Å²) in [6, 6.07) is 68.5. The molecular formula is C48H31NS. The largest absolute Gasteiger partial charge is 0.248 e. The number of hydrogen-bond acceptors (Lipinski definition) is 2. The minimum atomic E-state index is -0.384. The van der Waals surface area contributed by atoms with Gasteiger partial charge in [0.15, 0.2) is 0 Å². The van der Waals surface area contributed by atoms with Crippen LogP contribution < -0.4 is 0 Å². The van der Waals surface area contributed by atoms with E-state index in [-0.39, 0.29) is 5.41 Å². The van der Waals surface area contributed by atoms with Gasteiger partial charge in [-0.1, -0.05) is 163 Å². The van der Waals surface area contributed by atoms with Crippen LogP contribution in [0, 0.1) is 0 Å². The van der Waals surface area contributed by atoms with Crippen LogP contribution >= 0.6 is 11.8 Å². The molecule has 8 aromatic rings. The highest BCUT2D eigenvalue weighted by Crippen LogP contribution is 2.62. The van der Waals surface area contributed by atoms with Crippen LogP contribution in [0.3, 0.4) is 0 Å². The van der Waals surface area contributed by atoms with Crippen molar-refractivity contribution in [3.63, 3.8) is 0 Å². The summed E-state index contributed by atoms with van der Waals surface area (Å²) in [5, 5.41) is 0. The van der Waals surface area contributed by atoms with Crippen LogP contribution in [0.1, 0.15) is 22.3 Å². The first-order valence-corrected chi connectivity index (χ1v) is 17.9. The molecule has 2 aliphatic rings. The van der Waals surface area contributed by atoms with Crippen LogP contribution in [0.5, 0.6) is 0 Å². The van der Waals surface area contributed by atoms with Gasteiger partial charge in [-0.2, -0.15) is 0 Å². The van der Waals surface area contributed by atoms with Gasteiger partial charge in [0, 0.05) is 20.9 Å². The van der Waals surface area contributed by atoms with Crippen molar-refractivity contribution in [1.29, 1.82) is 0 Å². The van der Waals surface area contributed by atoms with Crippen molar-refractivity contribution < 1.29 is 0 Å². The third kappa shape index (κ3) is 4.46. The molecule has 0 saturated heterocycles. The zero-order valence-corrected chi connectivity index (χ0v) is 28.1. The maximum atomic E-state index is 5.33. The van der Waals surface area contributed by atoms with Gasteiger partial charge in [0.1, 0.15) is 0 Å². The summed E-state index contributed by atoms with van der Waals surface area (Å²) in [5.41, 5.74) is 16.4. The fourth-order valence-corrected chi connectivity index (χ4v) is 9.32. The molecule has 0 saturated carbocycles. The van der Waals surface area contributed by atoms with Gasteiger partial charge >= 0.3 is 0 Å². The first-order chi connectivity index (χ1) is 24.8. The average Bonchev–Trinajstić information content (AvgIpc) is 3.48. The Morgan fingerprint density at radius 3 is 1.54 bits per heavy atom. The van der Waals surface area contributed by atoms with Crippen LogP contribution in [0.2, 0.25) is 0 Å². The fraction of sp³-hybridized carbons (Fsp3) is 0.0208. The Kier molecular flexibility index (Phi) is 6.72. The van der Waals surface area contributed by atoms with E-state index in [1.54, 1.807) is 0 Å². The van der Waals surface area contributed by atoms with E-state index in [4.69, 9.17) is 4.98 Å². The van der Waals surface area contributed by atoms with E-state index in [0.29, 0.717) is 0 Å². The van der Waals surface area contributed by atoms with Gasteiger partial charge in [-0.15, -0.1) is 0 Å². The minimum absolute atomic E-state index is 0.384. The molecule has 1 nitrogen and oxygen atoms in total. The van der Waals surface area contributed by atoms with E-state index < -0.39 is 0 Å². The summed E-state index contributed by atoms with van der Waals surface area (Å²) < 4.78 is 0. The Hall–Kier alpha value is -5.96. The van der Waals surface area contributed by atoms with E-state index in [1.807, 2.05) is 11.8 Å². The molecule has 2 heteroatoms. The number of rotatable bonds is 4. The van der Waals surface area contributed by atoms with Crippen LogP contribution in [0.4, 0.5) is 0 Å². The zero-order valence-electron chi connectivity index (χ0n) is 27.3. The molecule has 1 spiro atoms. The number of nitrogens with zero attached hydrogens (tertiary/aromatic N) is 1. The molecule has 0 amide bonds.